The predicted octanol–water partition coefficient (Wildman–Crippen LogP) is 0.770. The van der Waals surface area contributed by atoms with Gasteiger partial charge in [-0.05, 0) is 11.4 Å². The van der Waals surface area contributed by atoms with Crippen LogP contribution in [0.3, 0.4) is 0 Å². The van der Waals surface area contributed by atoms with Gasteiger partial charge < -0.3 is 20.4 Å². The van der Waals surface area contributed by atoms with Gasteiger partial charge in [0, 0.05) is 40.3 Å². The zero-order valence-electron chi connectivity index (χ0n) is 11.1. The van der Waals surface area contributed by atoms with Gasteiger partial charge in [0.15, 0.2) is 0 Å². The minimum Gasteiger partial charge on any atom is -0.397 e. The van der Waals surface area contributed by atoms with Crippen molar-refractivity contribution in [3.8, 4) is 0 Å². The Hall–Kier alpha value is -1.76. The van der Waals surface area contributed by atoms with Crippen molar-refractivity contribution in [2.75, 3.05) is 46.0 Å². The molecule has 0 bridgehead atoms. The Morgan fingerprint density at radius 2 is 1.79 bits per heavy atom. The fourth-order valence-electron chi connectivity index (χ4n) is 2.02. The molecule has 1 aromatic rings. The summed E-state index contributed by atoms with van der Waals surface area (Å²) < 4.78 is 0. The van der Waals surface area contributed by atoms with E-state index in [4.69, 9.17) is 5.73 Å². The number of hydrogen-bond donors (Lipinski definition) is 1. The van der Waals surface area contributed by atoms with Gasteiger partial charge in [0.1, 0.15) is 4.88 Å². The van der Waals surface area contributed by atoms with Crippen LogP contribution in [0.4, 0.5) is 10.5 Å². The van der Waals surface area contributed by atoms with Gasteiger partial charge in [-0.1, -0.05) is 0 Å². The molecule has 6 nitrogen and oxygen atoms in total. The van der Waals surface area contributed by atoms with Gasteiger partial charge in [-0.3, -0.25) is 4.79 Å². The Labute approximate surface area is 116 Å². The van der Waals surface area contributed by atoms with Gasteiger partial charge in [-0.2, -0.15) is 0 Å². The van der Waals surface area contributed by atoms with Crippen molar-refractivity contribution in [1.29, 1.82) is 0 Å². The zero-order chi connectivity index (χ0) is 14.0. The Kier molecular flexibility index (Phi) is 3.94. The van der Waals surface area contributed by atoms with E-state index >= 15 is 0 Å². The van der Waals surface area contributed by atoms with Gasteiger partial charge in [-0.25, -0.2) is 4.79 Å². The van der Waals surface area contributed by atoms with Gasteiger partial charge in [0.2, 0.25) is 0 Å². The third-order valence-electron chi connectivity index (χ3n) is 3.11. The maximum absolute atomic E-state index is 12.2. The predicted molar refractivity (Wildman–Crippen MR) is 75.3 cm³/mol. The van der Waals surface area contributed by atoms with Crippen LogP contribution in [0.15, 0.2) is 11.4 Å². The SMILES string of the molecule is CN(C)C(=O)N1CCN(C(=O)c2sccc2N)CC1. The molecule has 2 heterocycles. The van der Waals surface area contributed by atoms with Crippen LogP contribution >= 0.6 is 11.3 Å². The van der Waals surface area contributed by atoms with Crippen molar-refractivity contribution in [1.82, 2.24) is 14.7 Å². The third kappa shape index (κ3) is 2.81. The van der Waals surface area contributed by atoms with Crippen molar-refractivity contribution in [3.05, 3.63) is 16.3 Å². The first-order valence-electron chi connectivity index (χ1n) is 6.09. The topological polar surface area (TPSA) is 69.9 Å². The first kappa shape index (κ1) is 13.7. The van der Waals surface area contributed by atoms with Crippen LogP contribution in [0, 0.1) is 0 Å². The molecule has 2 rings (SSSR count). The molecule has 1 aromatic heterocycles. The molecule has 0 atom stereocenters. The summed E-state index contributed by atoms with van der Waals surface area (Å²) in [6.45, 7) is 2.23. The van der Waals surface area contributed by atoms with E-state index < -0.39 is 0 Å². The number of hydrogen-bond acceptors (Lipinski definition) is 4. The lowest BCUT2D eigenvalue weighted by Crippen LogP contribution is -2.52. The molecule has 1 saturated heterocycles. The maximum atomic E-state index is 12.2. The largest absolute Gasteiger partial charge is 0.397 e. The number of carbonyl (C=O) groups excluding carboxylic acids is 2. The van der Waals surface area contributed by atoms with Gasteiger partial charge in [0.05, 0.1) is 5.69 Å². The summed E-state index contributed by atoms with van der Waals surface area (Å²) >= 11 is 1.36. The molecule has 1 aliphatic rings. The zero-order valence-corrected chi connectivity index (χ0v) is 11.9. The molecule has 1 fully saturated rings. The average molecular weight is 282 g/mol. The average Bonchev–Trinajstić information content (AvgIpc) is 2.83. The molecule has 19 heavy (non-hydrogen) atoms. The van der Waals surface area contributed by atoms with Crippen LogP contribution in [-0.2, 0) is 0 Å². The molecule has 0 aromatic carbocycles. The third-order valence-corrected chi connectivity index (χ3v) is 4.03. The summed E-state index contributed by atoms with van der Waals surface area (Å²) in [7, 11) is 3.46. The Morgan fingerprint density at radius 1 is 1.21 bits per heavy atom. The summed E-state index contributed by atoms with van der Waals surface area (Å²) in [6, 6.07) is 1.73. The van der Waals surface area contributed by atoms with E-state index in [0.717, 1.165) is 0 Å². The highest BCUT2D eigenvalue weighted by Crippen LogP contribution is 2.21. The van der Waals surface area contributed by atoms with Crippen LogP contribution in [0.2, 0.25) is 0 Å². The van der Waals surface area contributed by atoms with Gasteiger partial charge in [-0.15, -0.1) is 11.3 Å². The lowest BCUT2D eigenvalue weighted by Gasteiger charge is -2.35. The van der Waals surface area contributed by atoms with E-state index in [-0.39, 0.29) is 11.9 Å². The second-order valence-electron chi connectivity index (χ2n) is 4.66. The molecule has 1 aliphatic heterocycles. The van der Waals surface area contributed by atoms with Crippen molar-refractivity contribution in [3.63, 3.8) is 0 Å². The van der Waals surface area contributed by atoms with E-state index in [9.17, 15) is 9.59 Å². The molecular weight excluding hydrogens is 264 g/mol. The van der Waals surface area contributed by atoms with Crippen LogP contribution in [-0.4, -0.2) is 66.9 Å². The standard InChI is InChI=1S/C12H18N4O2S/c1-14(2)12(18)16-6-4-15(5-7-16)11(17)10-9(13)3-8-19-10/h3,8H,4-7,13H2,1-2H3. The molecule has 0 spiro atoms. The van der Waals surface area contributed by atoms with Crippen molar-refractivity contribution in [2.24, 2.45) is 0 Å². The lowest BCUT2D eigenvalue weighted by molar-refractivity contribution is 0.0656. The molecule has 104 valence electrons. The number of nitrogens with zero attached hydrogens (tertiary/aromatic N) is 3. The van der Waals surface area contributed by atoms with Gasteiger partial charge in [0.25, 0.3) is 5.91 Å². The van der Waals surface area contributed by atoms with Crippen LogP contribution in [0.1, 0.15) is 9.67 Å². The smallest absolute Gasteiger partial charge is 0.319 e. The molecule has 3 amide bonds. The summed E-state index contributed by atoms with van der Waals surface area (Å²) in [4.78, 5) is 29.7. The lowest BCUT2D eigenvalue weighted by atomic mass is 10.3. The number of amides is 3. The Balaban J connectivity index is 1.95. The second-order valence-corrected chi connectivity index (χ2v) is 5.58. The number of thiophene rings is 1. The highest BCUT2D eigenvalue weighted by Gasteiger charge is 2.26. The number of nitrogen functional groups attached to an aromatic ring is 1. The molecule has 0 saturated carbocycles. The molecule has 2 N–H and O–H groups in total. The van der Waals surface area contributed by atoms with Crippen molar-refractivity contribution >= 4 is 29.0 Å². The molecule has 0 aliphatic carbocycles. The van der Waals surface area contributed by atoms with Crippen LogP contribution in [0.5, 0.6) is 0 Å². The van der Waals surface area contributed by atoms with Crippen LogP contribution < -0.4 is 5.73 Å². The fourth-order valence-corrected chi connectivity index (χ4v) is 2.81. The molecule has 0 unspecified atom stereocenters. The summed E-state index contributed by atoms with van der Waals surface area (Å²) in [5, 5.41) is 1.81. The van der Waals surface area contributed by atoms with Gasteiger partial charge >= 0.3 is 6.03 Å². The van der Waals surface area contributed by atoms with Crippen molar-refractivity contribution < 1.29 is 9.59 Å². The first-order chi connectivity index (χ1) is 9.00. The normalized spacial score (nSPS) is 15.5. The quantitative estimate of drug-likeness (QED) is 0.827. The van der Waals surface area contributed by atoms with E-state index in [2.05, 4.69) is 0 Å². The number of urea groups is 1. The summed E-state index contributed by atoms with van der Waals surface area (Å²) in [6.07, 6.45) is 0. The highest BCUT2D eigenvalue weighted by molar-refractivity contribution is 7.12. The van der Waals surface area contributed by atoms with Crippen molar-refractivity contribution in [2.45, 2.75) is 0 Å². The summed E-state index contributed by atoms with van der Waals surface area (Å²) in [5.74, 6) is -0.0375. The molecular formula is C12H18N4O2S. The first-order valence-corrected chi connectivity index (χ1v) is 6.97. The fraction of sp³-hybridized carbons (Fsp3) is 0.500. The van der Waals surface area contributed by atoms with E-state index in [1.165, 1.54) is 11.3 Å². The second kappa shape index (κ2) is 5.48. The van der Waals surface area contributed by atoms with Crippen LogP contribution in [0.25, 0.3) is 0 Å². The van der Waals surface area contributed by atoms with E-state index in [1.807, 2.05) is 5.38 Å². The number of carbonyl (C=O) groups is 2. The number of nitrogens with two attached hydrogens (primary N) is 1. The maximum Gasteiger partial charge on any atom is 0.319 e. The Morgan fingerprint density at radius 3 is 2.26 bits per heavy atom. The van der Waals surface area contributed by atoms with E-state index in [1.54, 1.807) is 34.9 Å². The summed E-state index contributed by atoms with van der Waals surface area (Å²) in [5.41, 5.74) is 6.28. The number of anilines is 1. The minimum atomic E-state index is -0.0375. The molecule has 7 heteroatoms. The Bertz CT molecular complexity index is 478. The van der Waals surface area contributed by atoms with E-state index in [0.29, 0.717) is 36.7 Å². The molecule has 0 radical (unpaired) electrons. The number of rotatable bonds is 1. The minimum absolute atomic E-state index is 0.0114. The number of piperazine rings is 1. The highest BCUT2D eigenvalue weighted by atomic mass is 32.1. The monoisotopic (exact) mass is 282 g/mol.